The average molecular weight is 321 g/mol. The summed E-state index contributed by atoms with van der Waals surface area (Å²) in [4.78, 5) is 14.8. The van der Waals surface area contributed by atoms with Gasteiger partial charge in [0.25, 0.3) is 0 Å². The molecule has 1 heterocycles. The van der Waals surface area contributed by atoms with Crippen molar-refractivity contribution in [3.63, 3.8) is 0 Å². The molecule has 1 aliphatic heterocycles. The van der Waals surface area contributed by atoms with Crippen LogP contribution in [0.4, 0.5) is 5.69 Å². The molecule has 0 unspecified atom stereocenters. The van der Waals surface area contributed by atoms with Crippen molar-refractivity contribution >= 4 is 23.2 Å². The number of carbonyl (C=O) groups is 1. The van der Waals surface area contributed by atoms with Gasteiger partial charge in [-0.15, -0.1) is 0 Å². The predicted octanol–water partition coefficient (Wildman–Crippen LogP) is 4.24. The number of halogens is 1. The van der Waals surface area contributed by atoms with Crippen molar-refractivity contribution in [2.24, 2.45) is 5.92 Å². The number of hydrogen-bond donors (Lipinski definition) is 1. The summed E-state index contributed by atoms with van der Waals surface area (Å²) in [6.07, 6.45) is 7.85. The summed E-state index contributed by atoms with van der Waals surface area (Å²) in [5.41, 5.74) is 1.77. The van der Waals surface area contributed by atoms with Crippen LogP contribution in [-0.2, 0) is 4.79 Å². The molecule has 0 aromatic heterocycles. The third-order valence-corrected chi connectivity index (χ3v) is 5.66. The first-order valence-corrected chi connectivity index (χ1v) is 8.82. The monoisotopic (exact) mass is 320 g/mol. The van der Waals surface area contributed by atoms with Gasteiger partial charge in [-0.25, -0.2) is 0 Å². The van der Waals surface area contributed by atoms with Crippen molar-refractivity contribution in [2.75, 3.05) is 18.4 Å². The first kappa shape index (κ1) is 15.8. The van der Waals surface area contributed by atoms with Crippen LogP contribution in [0.15, 0.2) is 18.2 Å². The Morgan fingerprint density at radius 3 is 2.91 bits per heavy atom. The molecule has 4 heteroatoms. The van der Waals surface area contributed by atoms with E-state index in [-0.39, 0.29) is 5.91 Å². The van der Waals surface area contributed by atoms with Gasteiger partial charge in [-0.05, 0) is 62.8 Å². The Kier molecular flexibility index (Phi) is 5.04. The number of hydrogen-bond acceptors (Lipinski definition) is 2. The molecule has 1 amide bonds. The molecule has 22 heavy (non-hydrogen) atoms. The molecule has 0 spiro atoms. The van der Waals surface area contributed by atoms with Gasteiger partial charge in [0.15, 0.2) is 0 Å². The van der Waals surface area contributed by atoms with Crippen molar-refractivity contribution in [1.29, 1.82) is 0 Å². The second kappa shape index (κ2) is 7.01. The number of nitrogens with zero attached hydrogens (tertiary/aromatic N) is 1. The molecule has 2 fully saturated rings. The van der Waals surface area contributed by atoms with Crippen molar-refractivity contribution < 1.29 is 4.79 Å². The quantitative estimate of drug-likeness (QED) is 0.903. The molecule has 0 radical (unpaired) electrons. The smallest absolute Gasteiger partial charge is 0.238 e. The van der Waals surface area contributed by atoms with Crippen molar-refractivity contribution in [3.05, 3.63) is 28.8 Å². The normalized spacial score (nSPS) is 25.5. The lowest BCUT2D eigenvalue weighted by atomic mass is 9.78. The molecule has 2 aliphatic rings. The van der Waals surface area contributed by atoms with Gasteiger partial charge in [0, 0.05) is 16.8 Å². The fraction of sp³-hybridized carbons (Fsp3) is 0.611. The number of nitrogens with one attached hydrogen (secondary N) is 1. The topological polar surface area (TPSA) is 32.3 Å². The molecule has 1 saturated carbocycles. The Morgan fingerprint density at radius 2 is 2.05 bits per heavy atom. The summed E-state index contributed by atoms with van der Waals surface area (Å²) < 4.78 is 0. The van der Waals surface area contributed by atoms with Gasteiger partial charge in [0.1, 0.15) is 0 Å². The molecule has 3 rings (SSSR count). The van der Waals surface area contributed by atoms with Crippen molar-refractivity contribution in [1.82, 2.24) is 4.90 Å². The lowest BCUT2D eigenvalue weighted by molar-refractivity contribution is -0.118. The zero-order chi connectivity index (χ0) is 15.5. The highest BCUT2D eigenvalue weighted by Gasteiger charge is 2.33. The van der Waals surface area contributed by atoms with E-state index in [4.69, 9.17) is 11.6 Å². The van der Waals surface area contributed by atoms with Gasteiger partial charge in [-0.3, -0.25) is 9.69 Å². The van der Waals surface area contributed by atoms with E-state index < -0.39 is 0 Å². The molecular weight excluding hydrogens is 296 g/mol. The highest BCUT2D eigenvalue weighted by Crippen LogP contribution is 2.35. The van der Waals surface area contributed by atoms with Gasteiger partial charge in [0.05, 0.1) is 6.54 Å². The lowest BCUT2D eigenvalue weighted by Gasteiger charge is -2.43. The second-order valence-corrected chi connectivity index (χ2v) is 7.09. The average Bonchev–Trinajstić information content (AvgIpc) is 2.52. The number of fused-ring (bicyclic) bond motifs is 1. The van der Waals surface area contributed by atoms with E-state index >= 15 is 0 Å². The molecular formula is C18H25ClN2O. The Hall–Kier alpha value is -1.06. The highest BCUT2D eigenvalue weighted by molar-refractivity contribution is 6.31. The summed E-state index contributed by atoms with van der Waals surface area (Å²) in [6.45, 7) is 3.51. The number of benzene rings is 1. The minimum absolute atomic E-state index is 0.0802. The summed E-state index contributed by atoms with van der Waals surface area (Å²) in [5, 5.41) is 3.73. The molecule has 1 aromatic rings. The predicted molar refractivity (Wildman–Crippen MR) is 91.4 cm³/mol. The molecule has 1 N–H and O–H groups in total. The first-order valence-electron chi connectivity index (χ1n) is 8.44. The van der Waals surface area contributed by atoms with E-state index in [2.05, 4.69) is 10.2 Å². The van der Waals surface area contributed by atoms with E-state index in [9.17, 15) is 4.79 Å². The minimum Gasteiger partial charge on any atom is -0.325 e. The molecule has 120 valence electrons. The van der Waals surface area contributed by atoms with E-state index in [1.165, 1.54) is 38.5 Å². The Balaban J connectivity index is 1.62. The number of amides is 1. The third kappa shape index (κ3) is 3.47. The summed E-state index contributed by atoms with van der Waals surface area (Å²) in [7, 11) is 0. The first-order chi connectivity index (χ1) is 10.6. The summed E-state index contributed by atoms with van der Waals surface area (Å²) in [6, 6.07) is 6.26. The number of rotatable bonds is 3. The van der Waals surface area contributed by atoms with Crippen LogP contribution >= 0.6 is 11.6 Å². The standard InChI is InChI=1S/C18H25ClN2O/c1-13-15(19)8-4-9-16(13)20-18(22)12-21-11-5-7-14-6-2-3-10-17(14)21/h4,8-9,14,17H,2-3,5-7,10-12H2,1H3,(H,20,22)/t14-,17-/m0/s1. The fourth-order valence-electron chi connectivity index (χ4n) is 4.04. The maximum absolute atomic E-state index is 12.4. The highest BCUT2D eigenvalue weighted by atomic mass is 35.5. The maximum Gasteiger partial charge on any atom is 0.238 e. The lowest BCUT2D eigenvalue weighted by Crippen LogP contribution is -2.49. The van der Waals surface area contributed by atoms with Crippen LogP contribution in [0.3, 0.4) is 0 Å². The second-order valence-electron chi connectivity index (χ2n) is 6.69. The van der Waals surface area contributed by atoms with Gasteiger partial charge >= 0.3 is 0 Å². The zero-order valence-electron chi connectivity index (χ0n) is 13.3. The molecule has 1 aliphatic carbocycles. The van der Waals surface area contributed by atoms with E-state index in [0.717, 1.165) is 23.7 Å². The van der Waals surface area contributed by atoms with Crippen molar-refractivity contribution in [2.45, 2.75) is 51.5 Å². The van der Waals surface area contributed by atoms with E-state index in [0.29, 0.717) is 17.6 Å². The Morgan fingerprint density at radius 1 is 1.27 bits per heavy atom. The molecule has 2 atom stereocenters. The van der Waals surface area contributed by atoms with Gasteiger partial charge < -0.3 is 5.32 Å². The largest absolute Gasteiger partial charge is 0.325 e. The fourth-order valence-corrected chi connectivity index (χ4v) is 4.22. The van der Waals surface area contributed by atoms with Crippen LogP contribution in [0.2, 0.25) is 5.02 Å². The van der Waals surface area contributed by atoms with E-state index in [1.54, 1.807) is 0 Å². The van der Waals surface area contributed by atoms with Gasteiger partial charge in [-0.2, -0.15) is 0 Å². The van der Waals surface area contributed by atoms with Crippen LogP contribution in [0.5, 0.6) is 0 Å². The number of anilines is 1. The minimum atomic E-state index is 0.0802. The van der Waals surface area contributed by atoms with Gasteiger partial charge in [0.2, 0.25) is 5.91 Å². The molecule has 1 saturated heterocycles. The molecule has 1 aromatic carbocycles. The third-order valence-electron chi connectivity index (χ3n) is 5.25. The number of piperidine rings is 1. The number of likely N-dealkylation sites (tertiary alicyclic amines) is 1. The maximum atomic E-state index is 12.4. The van der Waals surface area contributed by atoms with Gasteiger partial charge in [-0.1, -0.05) is 30.5 Å². The molecule has 0 bridgehead atoms. The molecule has 3 nitrogen and oxygen atoms in total. The summed E-state index contributed by atoms with van der Waals surface area (Å²) in [5.74, 6) is 0.889. The Labute approximate surface area is 138 Å². The van der Waals surface area contributed by atoms with E-state index in [1.807, 2.05) is 25.1 Å². The Bertz CT molecular complexity index is 544. The SMILES string of the molecule is Cc1c(Cl)cccc1NC(=O)CN1CCC[C@@H]2CCCC[C@@H]21. The van der Waals surface area contributed by atoms with Crippen LogP contribution < -0.4 is 5.32 Å². The number of carbonyl (C=O) groups excluding carboxylic acids is 1. The van der Waals surface area contributed by atoms with Crippen LogP contribution in [0, 0.1) is 12.8 Å². The van der Waals surface area contributed by atoms with Crippen molar-refractivity contribution in [3.8, 4) is 0 Å². The van der Waals surface area contributed by atoms with Crippen LogP contribution in [0.1, 0.15) is 44.1 Å². The zero-order valence-corrected chi connectivity index (χ0v) is 14.0. The van der Waals surface area contributed by atoms with Crippen LogP contribution in [0.25, 0.3) is 0 Å². The summed E-state index contributed by atoms with van der Waals surface area (Å²) >= 11 is 6.12. The van der Waals surface area contributed by atoms with Crippen LogP contribution in [-0.4, -0.2) is 29.9 Å².